The maximum Gasteiger partial charge on any atom is 0.410 e. The van der Waals surface area contributed by atoms with Gasteiger partial charge in [0.1, 0.15) is 11.4 Å². The first-order valence-electron chi connectivity index (χ1n) is 7.17. The Bertz CT molecular complexity index is 353. The van der Waals surface area contributed by atoms with Crippen LogP contribution in [0.1, 0.15) is 34.6 Å². The van der Waals surface area contributed by atoms with E-state index in [1.54, 1.807) is 4.90 Å². The lowest BCUT2D eigenvalue weighted by Crippen LogP contribution is -2.49. The Kier molecular flexibility index (Phi) is 6.65. The number of amidine groups is 1. The number of hydrogen-bond donors (Lipinski definition) is 1. The van der Waals surface area contributed by atoms with Gasteiger partial charge < -0.3 is 10.1 Å². The van der Waals surface area contributed by atoms with E-state index < -0.39 is 5.60 Å². The highest BCUT2D eigenvalue weighted by atomic mass is 32.2. The van der Waals surface area contributed by atoms with Crippen molar-refractivity contribution < 1.29 is 9.53 Å². The van der Waals surface area contributed by atoms with E-state index in [0.29, 0.717) is 25.7 Å². The highest BCUT2D eigenvalue weighted by Gasteiger charge is 2.25. The molecule has 0 saturated heterocycles. The van der Waals surface area contributed by atoms with Crippen LogP contribution in [-0.2, 0) is 4.74 Å². The van der Waals surface area contributed by atoms with E-state index in [4.69, 9.17) is 4.74 Å². The van der Waals surface area contributed by atoms with Crippen molar-refractivity contribution in [2.24, 2.45) is 4.99 Å². The molecule has 0 bridgehead atoms. The molecule has 0 aliphatic carbocycles. The quantitative estimate of drug-likeness (QED) is 0.866. The minimum atomic E-state index is -0.454. The molecule has 1 aliphatic heterocycles. The van der Waals surface area contributed by atoms with Crippen molar-refractivity contribution in [1.82, 2.24) is 10.2 Å². The number of carbonyl (C=O) groups is 1. The maximum atomic E-state index is 12.0. The lowest BCUT2D eigenvalue weighted by Gasteiger charge is -2.30. The van der Waals surface area contributed by atoms with Gasteiger partial charge in [-0.05, 0) is 33.4 Å². The van der Waals surface area contributed by atoms with Gasteiger partial charge in [0.05, 0.1) is 13.1 Å². The number of hydrogen-bond acceptors (Lipinski definition) is 5. The van der Waals surface area contributed by atoms with Gasteiger partial charge in [-0.15, -0.1) is 0 Å². The smallest absolute Gasteiger partial charge is 0.410 e. The number of nitrogens with zero attached hydrogens (tertiary/aromatic N) is 2. The lowest BCUT2D eigenvalue weighted by atomic mass is 10.2. The maximum absolute atomic E-state index is 12.0. The third-order valence-corrected chi connectivity index (χ3v) is 3.79. The van der Waals surface area contributed by atoms with Crippen LogP contribution in [0.25, 0.3) is 0 Å². The van der Waals surface area contributed by atoms with Crippen molar-refractivity contribution in [1.29, 1.82) is 0 Å². The van der Waals surface area contributed by atoms with Crippen LogP contribution in [0.3, 0.4) is 0 Å². The Morgan fingerprint density at radius 3 is 2.85 bits per heavy atom. The molecular weight excluding hydrogens is 274 g/mol. The summed E-state index contributed by atoms with van der Waals surface area (Å²) < 4.78 is 5.40. The Hall–Kier alpha value is -0.910. The van der Waals surface area contributed by atoms with Gasteiger partial charge in [0.15, 0.2) is 0 Å². The highest BCUT2D eigenvalue weighted by molar-refractivity contribution is 7.99. The molecule has 0 saturated carbocycles. The zero-order valence-corrected chi connectivity index (χ0v) is 14.0. The summed E-state index contributed by atoms with van der Waals surface area (Å²) in [6.07, 6.45) is -0.262. The summed E-state index contributed by atoms with van der Waals surface area (Å²) in [5.41, 5.74) is -0.454. The Morgan fingerprint density at radius 2 is 2.25 bits per heavy atom. The predicted molar refractivity (Wildman–Crippen MR) is 85.7 cm³/mol. The van der Waals surface area contributed by atoms with Crippen molar-refractivity contribution >= 4 is 23.7 Å². The van der Waals surface area contributed by atoms with Gasteiger partial charge >= 0.3 is 6.09 Å². The van der Waals surface area contributed by atoms with Crippen LogP contribution in [0.5, 0.6) is 0 Å². The number of amides is 1. The molecule has 0 aromatic heterocycles. The molecule has 5 nitrogen and oxygen atoms in total. The first-order valence-corrected chi connectivity index (χ1v) is 8.33. The Labute approximate surface area is 126 Å². The Balaban J connectivity index is 2.45. The van der Waals surface area contributed by atoms with Gasteiger partial charge in [-0.25, -0.2) is 4.79 Å². The zero-order chi connectivity index (χ0) is 15.2. The average Bonchev–Trinajstić information content (AvgIpc) is 2.34. The van der Waals surface area contributed by atoms with E-state index in [-0.39, 0.29) is 6.09 Å². The summed E-state index contributed by atoms with van der Waals surface area (Å²) in [5, 5.41) is 3.38. The van der Waals surface area contributed by atoms with Crippen LogP contribution in [0.2, 0.25) is 0 Å². The van der Waals surface area contributed by atoms with Crippen molar-refractivity contribution in [3.8, 4) is 0 Å². The van der Waals surface area contributed by atoms with Crippen LogP contribution >= 0.6 is 11.8 Å². The molecule has 20 heavy (non-hydrogen) atoms. The molecule has 1 amide bonds. The second-order valence-corrected chi connectivity index (χ2v) is 7.25. The van der Waals surface area contributed by atoms with Crippen LogP contribution in [0, 0.1) is 0 Å². The number of nitrogens with one attached hydrogen (secondary N) is 1. The molecule has 0 aromatic carbocycles. The summed E-state index contributed by atoms with van der Waals surface area (Å²) in [4.78, 5) is 18.2. The van der Waals surface area contributed by atoms with Crippen molar-refractivity contribution in [3.05, 3.63) is 0 Å². The van der Waals surface area contributed by atoms with Crippen LogP contribution < -0.4 is 5.32 Å². The van der Waals surface area contributed by atoms with Gasteiger partial charge in [0.2, 0.25) is 0 Å². The van der Waals surface area contributed by atoms with Gasteiger partial charge in [-0.3, -0.25) is 9.89 Å². The number of carbonyl (C=O) groups excluding carboxylic acids is 1. The molecule has 1 N–H and O–H groups in total. The zero-order valence-electron chi connectivity index (χ0n) is 13.2. The fourth-order valence-corrected chi connectivity index (χ4v) is 2.48. The van der Waals surface area contributed by atoms with Gasteiger partial charge in [0, 0.05) is 18.3 Å². The molecule has 0 radical (unpaired) electrons. The number of aliphatic imine (C=N–C) groups is 1. The SMILES string of the molecule is CCSCC(C)NC1=NCCN(C(=O)OC(C)(C)C)C1. The molecule has 1 atom stereocenters. The molecule has 0 spiro atoms. The Morgan fingerprint density at radius 1 is 1.55 bits per heavy atom. The summed E-state index contributed by atoms with van der Waals surface area (Å²) >= 11 is 1.90. The van der Waals surface area contributed by atoms with Gasteiger partial charge in [0.25, 0.3) is 0 Å². The largest absolute Gasteiger partial charge is 0.444 e. The molecule has 1 aliphatic rings. The molecule has 6 heteroatoms. The molecule has 1 heterocycles. The summed E-state index contributed by atoms with van der Waals surface area (Å²) in [6, 6.07) is 0.359. The molecule has 1 rings (SSSR count). The van der Waals surface area contributed by atoms with E-state index in [1.165, 1.54) is 0 Å². The average molecular weight is 301 g/mol. The molecule has 0 fully saturated rings. The van der Waals surface area contributed by atoms with E-state index >= 15 is 0 Å². The third kappa shape index (κ3) is 6.50. The minimum absolute atomic E-state index is 0.262. The fraction of sp³-hybridized carbons (Fsp3) is 0.857. The number of rotatable bonds is 4. The third-order valence-electron chi connectivity index (χ3n) is 2.65. The highest BCUT2D eigenvalue weighted by Crippen LogP contribution is 2.11. The first-order chi connectivity index (χ1) is 9.31. The monoisotopic (exact) mass is 301 g/mol. The van der Waals surface area contributed by atoms with Crippen molar-refractivity contribution in [2.75, 3.05) is 31.1 Å². The second-order valence-electron chi connectivity index (χ2n) is 5.94. The molecular formula is C14H27N3O2S. The fourth-order valence-electron chi connectivity index (χ4n) is 1.81. The van der Waals surface area contributed by atoms with Gasteiger partial charge in [-0.1, -0.05) is 6.92 Å². The van der Waals surface area contributed by atoms with E-state index in [1.807, 2.05) is 32.5 Å². The van der Waals surface area contributed by atoms with Crippen LogP contribution in [-0.4, -0.2) is 59.6 Å². The lowest BCUT2D eigenvalue weighted by molar-refractivity contribution is 0.0276. The standard InChI is InChI=1S/C14H27N3O2S/c1-6-20-10-11(2)16-12-9-17(8-7-15-12)13(18)19-14(3,4)5/h11H,6-10H2,1-5H3,(H,15,16). The normalized spacial score (nSPS) is 17.4. The second kappa shape index (κ2) is 7.76. The summed E-state index contributed by atoms with van der Waals surface area (Å²) in [5.74, 6) is 3.04. The van der Waals surface area contributed by atoms with Crippen molar-refractivity contribution in [2.45, 2.75) is 46.3 Å². The minimum Gasteiger partial charge on any atom is -0.444 e. The van der Waals surface area contributed by atoms with Crippen molar-refractivity contribution in [3.63, 3.8) is 0 Å². The number of thioether (sulfide) groups is 1. The van der Waals surface area contributed by atoms with Crippen LogP contribution in [0.4, 0.5) is 4.79 Å². The predicted octanol–water partition coefficient (Wildman–Crippen LogP) is 2.37. The topological polar surface area (TPSA) is 53.9 Å². The summed E-state index contributed by atoms with van der Waals surface area (Å²) in [7, 11) is 0. The van der Waals surface area contributed by atoms with E-state index in [0.717, 1.165) is 17.3 Å². The van der Waals surface area contributed by atoms with Crippen LogP contribution in [0.15, 0.2) is 4.99 Å². The molecule has 116 valence electrons. The number of ether oxygens (including phenoxy) is 1. The molecule has 0 aromatic rings. The molecule has 1 unspecified atom stereocenters. The first kappa shape index (κ1) is 17.1. The van der Waals surface area contributed by atoms with E-state index in [9.17, 15) is 4.79 Å². The van der Waals surface area contributed by atoms with Gasteiger partial charge in [-0.2, -0.15) is 11.8 Å². The van der Waals surface area contributed by atoms with E-state index in [2.05, 4.69) is 24.2 Å². The summed E-state index contributed by atoms with van der Waals surface area (Å²) in [6.45, 7) is 11.7.